The maximum absolute atomic E-state index is 12.8. The topological polar surface area (TPSA) is 66.8 Å². The predicted molar refractivity (Wildman–Crippen MR) is 84.9 cm³/mol. The maximum Gasteiger partial charge on any atom is 0.416 e. The second-order valence-electron chi connectivity index (χ2n) is 5.15. The number of halogens is 3. The summed E-state index contributed by atoms with van der Waals surface area (Å²) in [4.78, 5) is 11.6. The molecule has 0 aromatic heterocycles. The summed E-state index contributed by atoms with van der Waals surface area (Å²) in [5.74, 6) is -1.35. The molecular weight excluding hydrogens is 337 g/mol. The van der Waals surface area contributed by atoms with Crippen LogP contribution in [0.1, 0.15) is 16.7 Å². The Kier molecular flexibility index (Phi) is 5.69. The van der Waals surface area contributed by atoms with E-state index in [2.05, 4.69) is 0 Å². The van der Waals surface area contributed by atoms with Crippen molar-refractivity contribution in [3.05, 3.63) is 65.2 Å². The lowest BCUT2D eigenvalue weighted by Gasteiger charge is -2.12. The van der Waals surface area contributed by atoms with E-state index in [0.29, 0.717) is 5.56 Å². The van der Waals surface area contributed by atoms with E-state index in [0.717, 1.165) is 12.1 Å². The van der Waals surface area contributed by atoms with Crippen LogP contribution in [0.4, 0.5) is 13.2 Å². The molecular formula is C18H15F3O4. The van der Waals surface area contributed by atoms with Crippen molar-refractivity contribution in [1.29, 1.82) is 0 Å². The summed E-state index contributed by atoms with van der Waals surface area (Å²) < 4.78 is 43.4. The van der Waals surface area contributed by atoms with Gasteiger partial charge in [-0.25, -0.2) is 4.79 Å². The standard InChI is InChI=1S/C18H15F3O4/c19-18(20,21)14-4-2-1-3-13(14)9-10-25-17(24)8-6-12-5-7-15(22)16(23)11-12/h1-8,11,22-23H,9-10H2/b8-6+. The highest BCUT2D eigenvalue weighted by molar-refractivity contribution is 5.87. The number of esters is 1. The Balaban J connectivity index is 1.91. The van der Waals surface area contributed by atoms with Crippen LogP contribution < -0.4 is 0 Å². The number of carbonyl (C=O) groups is 1. The van der Waals surface area contributed by atoms with E-state index in [4.69, 9.17) is 4.74 Å². The molecule has 0 heterocycles. The Hall–Kier alpha value is -2.96. The lowest BCUT2D eigenvalue weighted by atomic mass is 10.0. The van der Waals surface area contributed by atoms with Crippen molar-refractivity contribution in [3.8, 4) is 11.5 Å². The Morgan fingerprint density at radius 1 is 1.08 bits per heavy atom. The molecule has 2 N–H and O–H groups in total. The molecule has 0 saturated heterocycles. The van der Waals surface area contributed by atoms with E-state index in [1.165, 1.54) is 42.5 Å². The van der Waals surface area contributed by atoms with Gasteiger partial charge in [-0.1, -0.05) is 24.3 Å². The monoisotopic (exact) mass is 352 g/mol. The molecule has 0 bridgehead atoms. The van der Waals surface area contributed by atoms with Gasteiger partial charge in [0, 0.05) is 12.5 Å². The first-order valence-corrected chi connectivity index (χ1v) is 7.29. The third kappa shape index (κ3) is 5.27. The highest BCUT2D eigenvalue weighted by atomic mass is 19.4. The molecule has 0 saturated carbocycles. The molecule has 0 aliphatic heterocycles. The minimum Gasteiger partial charge on any atom is -0.504 e. The number of carbonyl (C=O) groups excluding carboxylic acids is 1. The second-order valence-corrected chi connectivity index (χ2v) is 5.15. The Morgan fingerprint density at radius 2 is 1.80 bits per heavy atom. The molecule has 132 valence electrons. The molecule has 0 aliphatic rings. The molecule has 0 atom stereocenters. The van der Waals surface area contributed by atoms with Crippen LogP contribution in [0.25, 0.3) is 6.08 Å². The van der Waals surface area contributed by atoms with E-state index in [-0.39, 0.29) is 30.1 Å². The summed E-state index contributed by atoms with van der Waals surface area (Å²) in [6, 6.07) is 9.09. The van der Waals surface area contributed by atoms with Crippen LogP contribution in [0, 0.1) is 0 Å². The SMILES string of the molecule is O=C(/C=C/c1ccc(O)c(O)c1)OCCc1ccccc1C(F)(F)F. The Morgan fingerprint density at radius 3 is 2.48 bits per heavy atom. The first kappa shape index (κ1) is 18.4. The fourth-order valence-corrected chi connectivity index (χ4v) is 2.13. The Labute approximate surface area is 141 Å². The van der Waals surface area contributed by atoms with E-state index in [9.17, 15) is 28.2 Å². The van der Waals surface area contributed by atoms with Crippen molar-refractivity contribution in [2.75, 3.05) is 6.61 Å². The normalized spacial score (nSPS) is 11.6. The van der Waals surface area contributed by atoms with Crippen LogP contribution in [0.3, 0.4) is 0 Å². The van der Waals surface area contributed by atoms with Gasteiger partial charge in [-0.2, -0.15) is 13.2 Å². The number of benzene rings is 2. The molecule has 0 fully saturated rings. The van der Waals surface area contributed by atoms with Gasteiger partial charge in [0.25, 0.3) is 0 Å². The largest absolute Gasteiger partial charge is 0.504 e. The van der Waals surface area contributed by atoms with Crippen molar-refractivity contribution >= 4 is 12.0 Å². The first-order chi connectivity index (χ1) is 11.8. The lowest BCUT2D eigenvalue weighted by molar-refractivity contribution is -0.138. The van der Waals surface area contributed by atoms with Crippen LogP contribution in [0.5, 0.6) is 11.5 Å². The maximum atomic E-state index is 12.8. The van der Waals surface area contributed by atoms with E-state index < -0.39 is 17.7 Å². The smallest absolute Gasteiger partial charge is 0.416 e. The summed E-state index contributed by atoms with van der Waals surface area (Å²) in [6.45, 7) is -0.197. The van der Waals surface area contributed by atoms with Gasteiger partial charge in [-0.3, -0.25) is 0 Å². The minimum absolute atomic E-state index is 0.0511. The molecule has 0 radical (unpaired) electrons. The molecule has 2 rings (SSSR count). The summed E-state index contributed by atoms with van der Waals surface area (Å²) in [7, 11) is 0. The van der Waals surface area contributed by atoms with Crippen molar-refractivity contribution in [1.82, 2.24) is 0 Å². The zero-order valence-electron chi connectivity index (χ0n) is 13.0. The third-order valence-electron chi connectivity index (χ3n) is 3.35. The van der Waals surface area contributed by atoms with Gasteiger partial charge in [0.05, 0.1) is 12.2 Å². The van der Waals surface area contributed by atoms with Crippen molar-refractivity contribution in [2.45, 2.75) is 12.6 Å². The van der Waals surface area contributed by atoms with Gasteiger partial charge in [0.15, 0.2) is 11.5 Å². The van der Waals surface area contributed by atoms with Crippen LogP contribution in [0.15, 0.2) is 48.5 Å². The molecule has 7 heteroatoms. The van der Waals surface area contributed by atoms with E-state index in [1.54, 1.807) is 0 Å². The van der Waals surface area contributed by atoms with Gasteiger partial charge >= 0.3 is 12.1 Å². The van der Waals surface area contributed by atoms with Gasteiger partial charge in [0.2, 0.25) is 0 Å². The number of hydrogen-bond donors (Lipinski definition) is 2. The molecule has 2 aromatic carbocycles. The molecule has 0 spiro atoms. The Bertz CT molecular complexity index is 782. The first-order valence-electron chi connectivity index (χ1n) is 7.29. The number of rotatable bonds is 5. The molecule has 0 amide bonds. The molecule has 25 heavy (non-hydrogen) atoms. The number of aromatic hydroxyl groups is 2. The highest BCUT2D eigenvalue weighted by Crippen LogP contribution is 2.32. The summed E-state index contributed by atoms with van der Waals surface area (Å²) in [5, 5.41) is 18.5. The van der Waals surface area contributed by atoms with Crippen molar-refractivity contribution in [3.63, 3.8) is 0 Å². The van der Waals surface area contributed by atoms with Crippen molar-refractivity contribution in [2.24, 2.45) is 0 Å². The van der Waals surface area contributed by atoms with Crippen molar-refractivity contribution < 1.29 is 32.9 Å². The quantitative estimate of drug-likeness (QED) is 0.486. The zero-order valence-corrected chi connectivity index (χ0v) is 13.0. The molecule has 4 nitrogen and oxygen atoms in total. The van der Waals surface area contributed by atoms with Gasteiger partial charge < -0.3 is 14.9 Å². The van der Waals surface area contributed by atoms with E-state index >= 15 is 0 Å². The fourth-order valence-electron chi connectivity index (χ4n) is 2.13. The number of ether oxygens (including phenoxy) is 1. The molecule has 2 aromatic rings. The van der Waals surface area contributed by atoms with Gasteiger partial charge in [-0.15, -0.1) is 0 Å². The molecule has 0 unspecified atom stereocenters. The third-order valence-corrected chi connectivity index (χ3v) is 3.35. The summed E-state index contributed by atoms with van der Waals surface area (Å²) >= 11 is 0. The summed E-state index contributed by atoms with van der Waals surface area (Å²) in [5.41, 5.74) is -0.244. The summed E-state index contributed by atoms with van der Waals surface area (Å²) in [6.07, 6.45) is -2.08. The van der Waals surface area contributed by atoms with Crippen LogP contribution in [-0.2, 0) is 22.1 Å². The van der Waals surface area contributed by atoms with Gasteiger partial charge in [0.1, 0.15) is 0 Å². The zero-order chi connectivity index (χ0) is 18.4. The highest BCUT2D eigenvalue weighted by Gasteiger charge is 2.32. The van der Waals surface area contributed by atoms with Crippen LogP contribution in [-0.4, -0.2) is 22.8 Å². The van der Waals surface area contributed by atoms with E-state index in [1.807, 2.05) is 0 Å². The van der Waals surface area contributed by atoms with Crippen LogP contribution in [0.2, 0.25) is 0 Å². The lowest BCUT2D eigenvalue weighted by Crippen LogP contribution is -2.12. The molecule has 0 aliphatic carbocycles. The number of hydrogen-bond acceptors (Lipinski definition) is 4. The average molecular weight is 352 g/mol. The minimum atomic E-state index is -4.46. The number of phenols is 2. The average Bonchev–Trinajstić information content (AvgIpc) is 2.55. The fraction of sp³-hybridized carbons (Fsp3) is 0.167. The predicted octanol–water partition coefficient (Wildman–Crippen LogP) is 3.92. The van der Waals surface area contributed by atoms with Gasteiger partial charge in [-0.05, 0) is 35.4 Å². The number of phenolic OH excluding ortho intramolecular Hbond substituents is 2. The van der Waals surface area contributed by atoms with Crippen LogP contribution >= 0.6 is 0 Å². The number of alkyl halides is 3. The second kappa shape index (κ2) is 7.74.